The summed E-state index contributed by atoms with van der Waals surface area (Å²) >= 11 is 1.80. The molecule has 17 heavy (non-hydrogen) atoms. The molecule has 1 atom stereocenters. The topological polar surface area (TPSA) is 12.0 Å². The van der Waals surface area contributed by atoms with Crippen LogP contribution in [0.4, 0.5) is 0 Å². The van der Waals surface area contributed by atoms with Crippen LogP contribution in [0.2, 0.25) is 0 Å². The molecule has 0 aliphatic heterocycles. The number of hydrogen-bond acceptors (Lipinski definition) is 2. The first-order valence-electron chi connectivity index (χ1n) is 6.64. The quantitative estimate of drug-likeness (QED) is 0.716. The molecule has 1 rings (SSSR count). The Morgan fingerprint density at radius 2 is 1.65 bits per heavy atom. The summed E-state index contributed by atoms with van der Waals surface area (Å²) in [6.45, 7) is 7.79. The fourth-order valence-corrected chi connectivity index (χ4v) is 2.76. The molecule has 96 valence electrons. The Hall–Kier alpha value is -0.470. The van der Waals surface area contributed by atoms with Crippen molar-refractivity contribution in [2.75, 3.05) is 12.8 Å². The minimum atomic E-state index is 0.505. The Morgan fingerprint density at radius 3 is 2.06 bits per heavy atom. The Kier molecular flexibility index (Phi) is 6.68. The first kappa shape index (κ1) is 14.6. The maximum absolute atomic E-state index is 3.63. The van der Waals surface area contributed by atoms with Crippen LogP contribution < -0.4 is 5.32 Å². The van der Waals surface area contributed by atoms with Gasteiger partial charge in [-0.25, -0.2) is 0 Å². The average Bonchev–Trinajstić information content (AvgIpc) is 2.39. The van der Waals surface area contributed by atoms with Gasteiger partial charge in [-0.2, -0.15) is 0 Å². The van der Waals surface area contributed by atoms with E-state index in [9.17, 15) is 0 Å². The van der Waals surface area contributed by atoms with Crippen LogP contribution >= 0.6 is 11.8 Å². The van der Waals surface area contributed by atoms with Crippen molar-refractivity contribution < 1.29 is 0 Å². The second-order valence-corrected chi connectivity index (χ2v) is 5.26. The summed E-state index contributed by atoms with van der Waals surface area (Å²) in [6, 6.07) is 9.51. The van der Waals surface area contributed by atoms with Crippen molar-refractivity contribution in [3.8, 4) is 0 Å². The minimum absolute atomic E-state index is 0.505. The van der Waals surface area contributed by atoms with E-state index in [-0.39, 0.29) is 0 Å². The molecular formula is C15H25NS. The van der Waals surface area contributed by atoms with Crippen LogP contribution in [0.3, 0.4) is 0 Å². The third-order valence-corrected chi connectivity index (χ3v) is 4.16. The van der Waals surface area contributed by atoms with E-state index in [0.29, 0.717) is 6.04 Å². The van der Waals surface area contributed by atoms with Gasteiger partial charge >= 0.3 is 0 Å². The first-order valence-corrected chi connectivity index (χ1v) is 7.86. The van der Waals surface area contributed by atoms with E-state index in [0.717, 1.165) is 12.5 Å². The predicted molar refractivity (Wildman–Crippen MR) is 78.7 cm³/mol. The lowest BCUT2D eigenvalue weighted by Gasteiger charge is -2.26. The summed E-state index contributed by atoms with van der Waals surface area (Å²) in [4.78, 5) is 1.34. The van der Waals surface area contributed by atoms with Crippen molar-refractivity contribution >= 4 is 11.8 Å². The zero-order valence-corrected chi connectivity index (χ0v) is 12.3. The summed E-state index contributed by atoms with van der Waals surface area (Å²) in [5, 5.41) is 3.63. The van der Waals surface area contributed by atoms with Gasteiger partial charge in [0.05, 0.1) is 0 Å². The largest absolute Gasteiger partial charge is 0.310 e. The van der Waals surface area contributed by atoms with Crippen molar-refractivity contribution in [3.63, 3.8) is 0 Å². The first-order chi connectivity index (χ1) is 8.26. The summed E-state index contributed by atoms with van der Waals surface area (Å²) in [6.07, 6.45) is 4.59. The molecule has 0 amide bonds. The highest BCUT2D eigenvalue weighted by Crippen LogP contribution is 2.28. The molecule has 1 nitrogen and oxygen atoms in total. The molecule has 0 aliphatic rings. The molecule has 1 N–H and O–H groups in total. The van der Waals surface area contributed by atoms with E-state index in [1.165, 1.54) is 23.3 Å². The Balaban J connectivity index is 2.87. The zero-order chi connectivity index (χ0) is 12.7. The lowest BCUT2D eigenvalue weighted by Crippen LogP contribution is -2.27. The van der Waals surface area contributed by atoms with Crippen molar-refractivity contribution in [1.82, 2.24) is 5.32 Å². The van der Waals surface area contributed by atoms with Gasteiger partial charge in [-0.15, -0.1) is 11.8 Å². The Morgan fingerprint density at radius 1 is 1.06 bits per heavy atom. The van der Waals surface area contributed by atoms with Crippen LogP contribution in [0, 0.1) is 5.92 Å². The van der Waals surface area contributed by atoms with E-state index in [2.05, 4.69) is 56.6 Å². The van der Waals surface area contributed by atoms with Gasteiger partial charge in [-0.1, -0.05) is 45.7 Å². The van der Waals surface area contributed by atoms with Crippen LogP contribution in [0.5, 0.6) is 0 Å². The fraction of sp³-hybridized carbons (Fsp3) is 0.600. The third kappa shape index (κ3) is 4.04. The summed E-state index contributed by atoms with van der Waals surface area (Å²) < 4.78 is 0. The van der Waals surface area contributed by atoms with Crippen LogP contribution in [-0.4, -0.2) is 12.8 Å². The van der Waals surface area contributed by atoms with E-state index < -0.39 is 0 Å². The van der Waals surface area contributed by atoms with Gasteiger partial charge in [-0.05, 0) is 36.4 Å². The molecule has 0 saturated carbocycles. The minimum Gasteiger partial charge on any atom is -0.310 e. The van der Waals surface area contributed by atoms with E-state index >= 15 is 0 Å². The highest BCUT2D eigenvalue weighted by molar-refractivity contribution is 7.98. The average molecular weight is 251 g/mol. The highest BCUT2D eigenvalue weighted by Gasteiger charge is 2.18. The molecule has 0 aliphatic carbocycles. The molecule has 0 heterocycles. The monoisotopic (exact) mass is 251 g/mol. The molecule has 1 aromatic carbocycles. The molecule has 1 unspecified atom stereocenters. The maximum atomic E-state index is 3.63. The molecule has 0 aromatic heterocycles. The van der Waals surface area contributed by atoms with E-state index in [1.54, 1.807) is 11.8 Å². The molecule has 0 radical (unpaired) electrons. The SMILES string of the molecule is CCNC(c1ccc(SC)cc1)C(CC)CC. The standard InChI is InChI=1S/C15H25NS/c1-5-12(6-2)15(16-7-3)13-8-10-14(17-4)11-9-13/h8-12,15-16H,5-7H2,1-4H3. The van der Waals surface area contributed by atoms with E-state index in [1.807, 2.05) is 0 Å². The lowest BCUT2D eigenvalue weighted by molar-refractivity contribution is 0.346. The van der Waals surface area contributed by atoms with Crippen molar-refractivity contribution in [2.45, 2.75) is 44.6 Å². The Bertz CT molecular complexity index is 303. The van der Waals surface area contributed by atoms with Gasteiger partial charge in [0.25, 0.3) is 0 Å². The number of rotatable bonds is 7. The van der Waals surface area contributed by atoms with Crippen LogP contribution in [0.15, 0.2) is 29.2 Å². The summed E-state index contributed by atoms with van der Waals surface area (Å²) in [7, 11) is 0. The second kappa shape index (κ2) is 7.78. The van der Waals surface area contributed by atoms with Crippen molar-refractivity contribution in [2.24, 2.45) is 5.92 Å². The number of nitrogens with one attached hydrogen (secondary N) is 1. The second-order valence-electron chi connectivity index (χ2n) is 4.39. The molecule has 0 bridgehead atoms. The van der Waals surface area contributed by atoms with Crippen molar-refractivity contribution in [1.29, 1.82) is 0 Å². The van der Waals surface area contributed by atoms with Gasteiger partial charge in [0.2, 0.25) is 0 Å². The molecule has 2 heteroatoms. The number of thioether (sulfide) groups is 1. The lowest BCUT2D eigenvalue weighted by atomic mass is 9.89. The smallest absolute Gasteiger partial charge is 0.0348 e. The summed E-state index contributed by atoms with van der Waals surface area (Å²) in [5.41, 5.74) is 1.43. The normalized spacial score (nSPS) is 13.0. The maximum Gasteiger partial charge on any atom is 0.0348 e. The number of hydrogen-bond donors (Lipinski definition) is 1. The van der Waals surface area contributed by atoms with Gasteiger partial charge in [0, 0.05) is 10.9 Å². The molecule has 0 spiro atoms. The van der Waals surface area contributed by atoms with Gasteiger partial charge < -0.3 is 5.32 Å². The molecule has 0 fully saturated rings. The van der Waals surface area contributed by atoms with Crippen LogP contribution in [0.1, 0.15) is 45.2 Å². The molecular weight excluding hydrogens is 226 g/mol. The summed E-state index contributed by atoms with van der Waals surface area (Å²) in [5.74, 6) is 0.732. The van der Waals surface area contributed by atoms with E-state index in [4.69, 9.17) is 0 Å². The Labute approximate surface area is 110 Å². The fourth-order valence-electron chi connectivity index (χ4n) is 2.35. The highest BCUT2D eigenvalue weighted by atomic mass is 32.2. The molecule has 0 saturated heterocycles. The van der Waals surface area contributed by atoms with Crippen LogP contribution in [0.25, 0.3) is 0 Å². The van der Waals surface area contributed by atoms with Gasteiger partial charge in [0.1, 0.15) is 0 Å². The van der Waals surface area contributed by atoms with Gasteiger partial charge in [0.15, 0.2) is 0 Å². The van der Waals surface area contributed by atoms with Crippen LogP contribution in [-0.2, 0) is 0 Å². The zero-order valence-electron chi connectivity index (χ0n) is 11.5. The van der Waals surface area contributed by atoms with Crippen molar-refractivity contribution in [3.05, 3.63) is 29.8 Å². The van der Waals surface area contributed by atoms with Gasteiger partial charge in [-0.3, -0.25) is 0 Å². The third-order valence-electron chi connectivity index (χ3n) is 3.42. The predicted octanol–water partition coefficient (Wildman–Crippen LogP) is 4.50. The molecule has 1 aromatic rings. The number of benzene rings is 1.